The highest BCUT2D eigenvalue weighted by atomic mass is 35.5. The van der Waals surface area contributed by atoms with Crippen molar-refractivity contribution < 1.29 is 17.6 Å². The quantitative estimate of drug-likeness (QED) is 0.414. The van der Waals surface area contributed by atoms with Gasteiger partial charge in [-0.25, -0.2) is 17.5 Å². The maximum absolute atomic E-state index is 14.7. The van der Waals surface area contributed by atoms with Crippen molar-refractivity contribution in [3.05, 3.63) is 62.5 Å². The number of amides is 1. The molecule has 11 heteroatoms. The monoisotopic (exact) mass is 523 g/mol. The maximum atomic E-state index is 14.7. The van der Waals surface area contributed by atoms with E-state index in [1.54, 1.807) is 12.3 Å². The Kier molecular flexibility index (Phi) is 6.84. The summed E-state index contributed by atoms with van der Waals surface area (Å²) in [5, 5.41) is 3.30. The third-order valence-electron chi connectivity index (χ3n) is 5.45. The van der Waals surface area contributed by atoms with Gasteiger partial charge in [-0.1, -0.05) is 11.6 Å². The van der Waals surface area contributed by atoms with E-state index in [1.807, 2.05) is 23.1 Å². The van der Waals surface area contributed by atoms with E-state index in [2.05, 4.69) is 5.32 Å². The van der Waals surface area contributed by atoms with Gasteiger partial charge >= 0.3 is 0 Å². The summed E-state index contributed by atoms with van der Waals surface area (Å²) in [6, 6.07) is 5.48. The lowest BCUT2D eigenvalue weighted by Crippen LogP contribution is -2.28. The number of hydrogen-bond acceptors (Lipinski definition) is 6. The third-order valence-corrected chi connectivity index (χ3v) is 8.52. The number of thiophene rings is 1. The number of sulfonamides is 1. The standard InChI is InChI=1S/C23H23ClFN3O4S2/c1-13(2)28-12-15(5-7-21(29)27-34(31,32)22-8-6-20(24)33-22)23(30)16-9-17(25)18(10-19(16)28)26-11-14-3-4-14/h5-10,12-14,26H,3-4,11H2,1-2H3,(H,27,29)/b7-5+. The average molecular weight is 524 g/mol. The number of nitrogens with zero attached hydrogens (tertiary/aromatic N) is 1. The van der Waals surface area contributed by atoms with Crippen LogP contribution < -0.4 is 15.5 Å². The largest absolute Gasteiger partial charge is 0.382 e. The van der Waals surface area contributed by atoms with E-state index in [0.29, 0.717) is 23.7 Å². The minimum Gasteiger partial charge on any atom is -0.382 e. The van der Waals surface area contributed by atoms with Crippen molar-refractivity contribution in [1.29, 1.82) is 0 Å². The molecule has 0 spiro atoms. The first-order valence-corrected chi connectivity index (χ1v) is 13.4. The van der Waals surface area contributed by atoms with Gasteiger partial charge < -0.3 is 9.88 Å². The molecular weight excluding hydrogens is 501 g/mol. The number of rotatable bonds is 8. The van der Waals surface area contributed by atoms with Crippen LogP contribution in [0.3, 0.4) is 0 Å². The van der Waals surface area contributed by atoms with E-state index >= 15 is 0 Å². The van der Waals surface area contributed by atoms with Gasteiger partial charge in [-0.3, -0.25) is 9.59 Å². The summed E-state index contributed by atoms with van der Waals surface area (Å²) in [7, 11) is -4.08. The van der Waals surface area contributed by atoms with Gasteiger partial charge in [0.2, 0.25) is 0 Å². The summed E-state index contributed by atoms with van der Waals surface area (Å²) in [6.45, 7) is 4.53. The van der Waals surface area contributed by atoms with Crippen molar-refractivity contribution >= 4 is 61.5 Å². The predicted molar refractivity (Wildman–Crippen MR) is 133 cm³/mol. The molecule has 0 aliphatic heterocycles. The Labute approximate surface area is 205 Å². The molecule has 2 heterocycles. The molecule has 1 saturated carbocycles. The number of carbonyl (C=O) groups excluding carboxylic acids is 1. The van der Waals surface area contributed by atoms with Crippen LogP contribution in [0.5, 0.6) is 0 Å². The van der Waals surface area contributed by atoms with Crippen LogP contribution in [0.1, 0.15) is 38.3 Å². The van der Waals surface area contributed by atoms with Gasteiger partial charge in [0, 0.05) is 35.8 Å². The van der Waals surface area contributed by atoms with Gasteiger partial charge in [0.1, 0.15) is 10.0 Å². The van der Waals surface area contributed by atoms with Crippen molar-refractivity contribution in [1.82, 2.24) is 9.29 Å². The van der Waals surface area contributed by atoms with E-state index < -0.39 is 27.2 Å². The zero-order valence-corrected chi connectivity index (χ0v) is 20.9. The molecule has 7 nitrogen and oxygen atoms in total. The zero-order chi connectivity index (χ0) is 24.6. The van der Waals surface area contributed by atoms with Crippen LogP contribution in [0, 0.1) is 11.7 Å². The van der Waals surface area contributed by atoms with Gasteiger partial charge in [-0.15, -0.1) is 11.3 Å². The fraction of sp³-hybridized carbons (Fsp3) is 0.304. The number of anilines is 1. The van der Waals surface area contributed by atoms with Crippen LogP contribution in [0.4, 0.5) is 10.1 Å². The average Bonchev–Trinajstić information content (AvgIpc) is 3.49. The minimum absolute atomic E-state index is 0.0604. The van der Waals surface area contributed by atoms with Crippen molar-refractivity contribution in [3.63, 3.8) is 0 Å². The van der Waals surface area contributed by atoms with Gasteiger partial charge in [0.15, 0.2) is 5.43 Å². The first kappa shape index (κ1) is 24.4. The molecule has 0 unspecified atom stereocenters. The van der Waals surface area contributed by atoms with Crippen LogP contribution >= 0.6 is 22.9 Å². The number of hydrogen-bond donors (Lipinski definition) is 2. The molecule has 180 valence electrons. The van der Waals surface area contributed by atoms with Crippen molar-refractivity contribution in [2.75, 3.05) is 11.9 Å². The molecule has 2 aromatic heterocycles. The Morgan fingerprint density at radius 2 is 2.06 bits per heavy atom. The number of fused-ring (bicyclic) bond motifs is 1. The van der Waals surface area contributed by atoms with E-state index in [0.717, 1.165) is 30.3 Å². The summed E-state index contributed by atoms with van der Waals surface area (Å²) in [5.41, 5.74) is 0.579. The Hall–Kier alpha value is -2.69. The molecule has 1 amide bonds. The molecule has 0 atom stereocenters. The lowest BCUT2D eigenvalue weighted by atomic mass is 10.1. The topological polar surface area (TPSA) is 97.3 Å². The van der Waals surface area contributed by atoms with E-state index in [9.17, 15) is 22.4 Å². The molecular formula is C23H23ClFN3O4S2. The number of benzene rings is 1. The Bertz CT molecular complexity index is 1460. The molecule has 0 radical (unpaired) electrons. The highest BCUT2D eigenvalue weighted by Crippen LogP contribution is 2.30. The second-order valence-electron chi connectivity index (χ2n) is 8.45. The molecule has 1 fully saturated rings. The van der Waals surface area contributed by atoms with Crippen LogP contribution in [-0.2, 0) is 14.8 Å². The summed E-state index contributed by atoms with van der Waals surface area (Å²) in [5.74, 6) is -0.896. The second kappa shape index (κ2) is 9.52. The van der Waals surface area contributed by atoms with Crippen LogP contribution in [0.25, 0.3) is 17.0 Å². The lowest BCUT2D eigenvalue weighted by Gasteiger charge is -2.18. The van der Waals surface area contributed by atoms with Crippen molar-refractivity contribution in [2.45, 2.75) is 36.9 Å². The number of pyridine rings is 1. The molecule has 0 bridgehead atoms. The lowest BCUT2D eigenvalue weighted by molar-refractivity contribution is -0.114. The van der Waals surface area contributed by atoms with Crippen molar-refractivity contribution in [2.24, 2.45) is 5.92 Å². The number of halogens is 2. The fourth-order valence-corrected chi connectivity index (χ4v) is 5.90. The van der Waals surface area contributed by atoms with Gasteiger partial charge in [-0.2, -0.15) is 0 Å². The predicted octanol–water partition coefficient (Wildman–Crippen LogP) is 4.78. The molecule has 34 heavy (non-hydrogen) atoms. The van der Waals surface area contributed by atoms with Crippen LogP contribution in [0.15, 0.2) is 45.5 Å². The van der Waals surface area contributed by atoms with Gasteiger partial charge in [-0.05, 0) is 62.9 Å². The van der Waals surface area contributed by atoms with Gasteiger partial charge in [0.25, 0.3) is 15.9 Å². The fourth-order valence-electron chi connectivity index (χ4n) is 3.47. The Morgan fingerprint density at radius 3 is 2.68 bits per heavy atom. The first-order valence-electron chi connectivity index (χ1n) is 10.7. The molecule has 1 aromatic carbocycles. The number of nitrogens with one attached hydrogen (secondary N) is 2. The summed E-state index contributed by atoms with van der Waals surface area (Å²) in [4.78, 5) is 25.3. The molecule has 1 aliphatic rings. The van der Waals surface area contributed by atoms with E-state index in [4.69, 9.17) is 11.6 Å². The first-order chi connectivity index (χ1) is 16.0. The van der Waals surface area contributed by atoms with Crippen LogP contribution in [-0.4, -0.2) is 25.4 Å². The SMILES string of the molecule is CC(C)n1cc(/C=C/C(=O)NS(=O)(=O)c2ccc(Cl)s2)c(=O)c2cc(F)c(NCC3CC3)cc21. The minimum atomic E-state index is -4.08. The zero-order valence-electron chi connectivity index (χ0n) is 18.5. The van der Waals surface area contributed by atoms with Crippen LogP contribution in [0.2, 0.25) is 4.34 Å². The smallest absolute Gasteiger partial charge is 0.273 e. The van der Waals surface area contributed by atoms with Crippen molar-refractivity contribution in [3.8, 4) is 0 Å². The van der Waals surface area contributed by atoms with E-state index in [-0.39, 0.29) is 25.5 Å². The summed E-state index contributed by atoms with van der Waals surface area (Å²) in [6.07, 6.45) is 6.02. The summed E-state index contributed by atoms with van der Waals surface area (Å²) < 4.78 is 43.2. The Morgan fingerprint density at radius 1 is 1.32 bits per heavy atom. The Balaban J connectivity index is 1.64. The maximum Gasteiger partial charge on any atom is 0.273 e. The van der Waals surface area contributed by atoms with Gasteiger partial charge in [0.05, 0.1) is 15.5 Å². The third kappa shape index (κ3) is 5.34. The second-order valence-corrected chi connectivity index (χ2v) is 12.1. The molecule has 2 N–H and O–H groups in total. The summed E-state index contributed by atoms with van der Waals surface area (Å²) >= 11 is 6.58. The molecule has 4 rings (SSSR count). The van der Waals surface area contributed by atoms with E-state index in [1.165, 1.54) is 24.3 Å². The normalized spacial score (nSPS) is 14.3. The highest BCUT2D eigenvalue weighted by Gasteiger charge is 2.22. The number of carbonyl (C=O) groups is 1. The molecule has 0 saturated heterocycles. The number of aromatic nitrogens is 1. The highest BCUT2D eigenvalue weighted by molar-refractivity contribution is 7.92. The molecule has 1 aliphatic carbocycles. The molecule has 3 aromatic rings.